The summed E-state index contributed by atoms with van der Waals surface area (Å²) in [5.74, 6) is 0.00844. The molecule has 2 amide bonds. The van der Waals surface area contributed by atoms with Crippen LogP contribution in [0.4, 0.5) is 11.4 Å². The van der Waals surface area contributed by atoms with Gasteiger partial charge < -0.3 is 9.47 Å². The van der Waals surface area contributed by atoms with Crippen molar-refractivity contribution in [1.29, 1.82) is 0 Å². The molecule has 0 aliphatic carbocycles. The molecule has 0 bridgehead atoms. The predicted molar refractivity (Wildman–Crippen MR) is 170 cm³/mol. The Hall–Kier alpha value is -3.73. The largest absolute Gasteiger partial charge is 0.493 e. The summed E-state index contributed by atoms with van der Waals surface area (Å²) in [4.78, 5) is 30.3. The highest BCUT2D eigenvalue weighted by atomic mass is 127. The molecular formula is C31H22ClIN2O4S. The molecule has 6 nitrogen and oxygen atoms in total. The van der Waals surface area contributed by atoms with Crippen LogP contribution in [0.3, 0.4) is 0 Å². The third-order valence-corrected chi connectivity index (χ3v) is 7.56. The van der Waals surface area contributed by atoms with Gasteiger partial charge in [-0.15, -0.1) is 0 Å². The van der Waals surface area contributed by atoms with Crippen molar-refractivity contribution in [3.05, 3.63) is 122 Å². The van der Waals surface area contributed by atoms with Crippen LogP contribution in [0.15, 0.2) is 103 Å². The number of para-hydroxylation sites is 2. The number of benzene rings is 4. The third kappa shape index (κ3) is 5.74. The summed E-state index contributed by atoms with van der Waals surface area (Å²) in [6, 6.07) is 29.0. The zero-order valence-electron chi connectivity index (χ0n) is 21.2. The summed E-state index contributed by atoms with van der Waals surface area (Å²) >= 11 is 13.8. The summed E-state index contributed by atoms with van der Waals surface area (Å²) in [5, 5.41) is 0.736. The molecule has 0 atom stereocenters. The minimum absolute atomic E-state index is 0.0333. The van der Waals surface area contributed by atoms with Crippen molar-refractivity contribution in [2.75, 3.05) is 16.9 Å². The monoisotopic (exact) mass is 680 g/mol. The molecule has 4 aromatic carbocycles. The smallest absolute Gasteiger partial charge is 0.270 e. The van der Waals surface area contributed by atoms with E-state index in [-0.39, 0.29) is 10.7 Å². The Morgan fingerprint density at radius 2 is 1.40 bits per heavy atom. The summed E-state index contributed by atoms with van der Waals surface area (Å²) in [6.45, 7) is 0.316. The van der Waals surface area contributed by atoms with Gasteiger partial charge in [-0.2, -0.15) is 0 Å². The van der Waals surface area contributed by atoms with Crippen LogP contribution in [0, 0.1) is 3.57 Å². The normalized spacial score (nSPS) is 13.5. The molecule has 1 saturated heterocycles. The molecule has 5 rings (SSSR count). The van der Waals surface area contributed by atoms with Gasteiger partial charge in [-0.05, 0) is 101 Å². The molecule has 40 heavy (non-hydrogen) atoms. The average Bonchev–Trinajstić information content (AvgIpc) is 2.96. The molecule has 0 aromatic heterocycles. The Balaban J connectivity index is 1.53. The minimum atomic E-state index is -0.509. The highest BCUT2D eigenvalue weighted by Gasteiger charge is 2.41. The van der Waals surface area contributed by atoms with E-state index in [0.29, 0.717) is 40.1 Å². The first-order valence-corrected chi connectivity index (χ1v) is 14.0. The third-order valence-electron chi connectivity index (χ3n) is 6.14. The first kappa shape index (κ1) is 27.8. The second-order valence-corrected chi connectivity index (χ2v) is 10.7. The van der Waals surface area contributed by atoms with Crippen molar-refractivity contribution in [2.45, 2.75) is 6.61 Å². The topological polar surface area (TPSA) is 59.1 Å². The molecule has 1 aliphatic heterocycles. The van der Waals surface area contributed by atoms with E-state index in [9.17, 15) is 9.59 Å². The van der Waals surface area contributed by atoms with Gasteiger partial charge in [0.15, 0.2) is 16.6 Å². The maximum absolute atomic E-state index is 13.8. The zero-order valence-corrected chi connectivity index (χ0v) is 24.9. The molecule has 1 heterocycles. The Morgan fingerprint density at radius 1 is 0.850 bits per heavy atom. The minimum Gasteiger partial charge on any atom is -0.493 e. The molecular weight excluding hydrogens is 659 g/mol. The number of carbonyl (C=O) groups is 2. The summed E-state index contributed by atoms with van der Waals surface area (Å²) in [6.07, 6.45) is 1.56. The Labute approximate surface area is 255 Å². The fourth-order valence-electron chi connectivity index (χ4n) is 4.21. The molecule has 200 valence electrons. The number of hydrogen-bond acceptors (Lipinski definition) is 5. The standard InChI is InChI=1S/C31H22ClIN2O4S/c1-38-27-18-21(17-26(33)28(27)39-19-20-12-14-22(32)15-13-20)16-25-29(36)34(23-8-4-2-5-9-23)31(40)35(30(25)37)24-10-6-3-7-11-24/h2-18H,19H2,1H3. The van der Waals surface area contributed by atoms with Crippen molar-refractivity contribution in [3.8, 4) is 11.5 Å². The van der Waals surface area contributed by atoms with E-state index in [1.54, 1.807) is 55.7 Å². The van der Waals surface area contributed by atoms with Gasteiger partial charge in [0.05, 0.1) is 22.1 Å². The molecule has 0 saturated carbocycles. The lowest BCUT2D eigenvalue weighted by Crippen LogP contribution is -2.56. The fraction of sp³-hybridized carbons (Fsp3) is 0.0645. The molecule has 0 unspecified atom stereocenters. The van der Waals surface area contributed by atoms with E-state index >= 15 is 0 Å². The van der Waals surface area contributed by atoms with Crippen LogP contribution in [-0.2, 0) is 16.2 Å². The van der Waals surface area contributed by atoms with Gasteiger partial charge in [0.25, 0.3) is 11.8 Å². The molecule has 4 aromatic rings. The number of hydrogen-bond donors (Lipinski definition) is 0. The summed E-state index contributed by atoms with van der Waals surface area (Å²) in [7, 11) is 1.54. The van der Waals surface area contributed by atoms with Gasteiger partial charge in [-0.3, -0.25) is 19.4 Å². The van der Waals surface area contributed by atoms with Gasteiger partial charge >= 0.3 is 0 Å². The van der Waals surface area contributed by atoms with E-state index in [2.05, 4.69) is 22.6 Å². The second-order valence-electron chi connectivity index (χ2n) is 8.74. The van der Waals surface area contributed by atoms with E-state index < -0.39 is 11.8 Å². The number of amides is 2. The van der Waals surface area contributed by atoms with Crippen LogP contribution in [0.5, 0.6) is 11.5 Å². The van der Waals surface area contributed by atoms with Crippen LogP contribution in [0.2, 0.25) is 5.02 Å². The molecule has 0 spiro atoms. The van der Waals surface area contributed by atoms with Gasteiger partial charge in [-0.1, -0.05) is 60.1 Å². The number of anilines is 2. The first-order chi connectivity index (χ1) is 19.4. The predicted octanol–water partition coefficient (Wildman–Crippen LogP) is 7.28. The van der Waals surface area contributed by atoms with Crippen molar-refractivity contribution in [1.82, 2.24) is 0 Å². The highest BCUT2D eigenvalue weighted by molar-refractivity contribution is 14.1. The van der Waals surface area contributed by atoms with Gasteiger partial charge in [0.1, 0.15) is 12.2 Å². The number of thiocarbonyl (C=S) groups is 1. The number of halogens is 2. The summed E-state index contributed by atoms with van der Waals surface area (Å²) in [5.41, 5.74) is 2.65. The van der Waals surface area contributed by atoms with Crippen molar-refractivity contribution < 1.29 is 19.1 Å². The van der Waals surface area contributed by atoms with Crippen LogP contribution < -0.4 is 19.3 Å². The Bertz CT molecular complexity index is 1550. The lowest BCUT2D eigenvalue weighted by molar-refractivity contribution is -0.120. The first-order valence-electron chi connectivity index (χ1n) is 12.2. The fourth-order valence-corrected chi connectivity index (χ4v) is 5.49. The molecule has 1 aliphatic rings. The molecule has 0 N–H and O–H groups in total. The van der Waals surface area contributed by atoms with E-state index in [0.717, 1.165) is 9.13 Å². The SMILES string of the molecule is COc1cc(C=C2C(=O)N(c3ccccc3)C(=S)N(c3ccccc3)C2=O)cc(I)c1OCc1ccc(Cl)cc1. The number of rotatable bonds is 7. The number of carbonyl (C=O) groups excluding carboxylic acids is 2. The lowest BCUT2D eigenvalue weighted by atomic mass is 10.0. The summed E-state index contributed by atoms with van der Waals surface area (Å²) < 4.78 is 12.4. The highest BCUT2D eigenvalue weighted by Crippen LogP contribution is 2.36. The van der Waals surface area contributed by atoms with Crippen molar-refractivity contribution >= 4 is 80.8 Å². The second kappa shape index (κ2) is 12.2. The van der Waals surface area contributed by atoms with Gasteiger partial charge in [-0.25, -0.2) is 0 Å². The maximum atomic E-state index is 13.8. The van der Waals surface area contributed by atoms with E-state index in [4.69, 9.17) is 33.3 Å². The number of nitrogens with zero attached hydrogens (tertiary/aromatic N) is 2. The zero-order chi connectivity index (χ0) is 28.2. The van der Waals surface area contributed by atoms with Crippen molar-refractivity contribution in [2.24, 2.45) is 0 Å². The van der Waals surface area contributed by atoms with Crippen LogP contribution >= 0.6 is 46.4 Å². The maximum Gasteiger partial charge on any atom is 0.270 e. The quantitative estimate of drug-likeness (QED) is 0.0889. The van der Waals surface area contributed by atoms with Gasteiger partial charge in [0.2, 0.25) is 0 Å². The van der Waals surface area contributed by atoms with E-state index in [1.165, 1.54) is 9.80 Å². The van der Waals surface area contributed by atoms with Crippen LogP contribution in [0.1, 0.15) is 11.1 Å². The molecule has 1 fully saturated rings. The molecule has 0 radical (unpaired) electrons. The number of methoxy groups -OCH3 is 1. The van der Waals surface area contributed by atoms with Crippen LogP contribution in [-0.4, -0.2) is 24.0 Å². The average molecular weight is 681 g/mol. The lowest BCUT2D eigenvalue weighted by Gasteiger charge is -2.36. The van der Waals surface area contributed by atoms with Gasteiger partial charge in [0, 0.05) is 5.02 Å². The van der Waals surface area contributed by atoms with E-state index in [1.807, 2.05) is 54.6 Å². The van der Waals surface area contributed by atoms with Crippen LogP contribution in [0.25, 0.3) is 6.08 Å². The molecule has 9 heteroatoms. The Kier molecular flexibility index (Phi) is 8.49. The van der Waals surface area contributed by atoms with Crippen molar-refractivity contribution in [3.63, 3.8) is 0 Å². The number of ether oxygens (including phenoxy) is 2. The Morgan fingerprint density at radius 3 is 1.93 bits per heavy atom.